The molecule has 4 aromatic heterocycles. The second-order valence-electron chi connectivity index (χ2n) is 8.16. The highest BCUT2D eigenvalue weighted by molar-refractivity contribution is 7.13. The van der Waals surface area contributed by atoms with Gasteiger partial charge >= 0.3 is 5.69 Å². The minimum absolute atomic E-state index is 0.191. The van der Waals surface area contributed by atoms with Gasteiger partial charge in [0.25, 0.3) is 5.62 Å². The van der Waals surface area contributed by atoms with Crippen molar-refractivity contribution in [2.24, 2.45) is 4.99 Å². The number of H-pyrrole nitrogens is 2. The number of hydrogen-bond acceptors (Lipinski definition) is 8. The summed E-state index contributed by atoms with van der Waals surface area (Å²) in [6.45, 7) is 0.295. The number of aromatic hydroxyl groups is 1. The van der Waals surface area contributed by atoms with Crippen LogP contribution in [0.1, 0.15) is 24.1 Å². The first-order valence-corrected chi connectivity index (χ1v) is 11.8. The first-order valence-electron chi connectivity index (χ1n) is 10.9. The van der Waals surface area contributed by atoms with Crippen LogP contribution in [-0.4, -0.2) is 40.7 Å². The lowest BCUT2D eigenvalue weighted by Gasteiger charge is -2.10. The lowest BCUT2D eigenvalue weighted by atomic mass is 10.1. The molecule has 1 aliphatic carbocycles. The fourth-order valence-electron chi connectivity index (χ4n) is 3.71. The minimum Gasteiger partial charge on any atom is -0.493 e. The van der Waals surface area contributed by atoms with E-state index in [2.05, 4.69) is 35.3 Å². The highest BCUT2D eigenvalue weighted by Gasteiger charge is 2.21. The number of thiophene rings is 1. The van der Waals surface area contributed by atoms with E-state index in [0.717, 1.165) is 28.8 Å². The second kappa shape index (κ2) is 8.47. The molecule has 0 aliphatic heterocycles. The van der Waals surface area contributed by atoms with Gasteiger partial charge in [-0.1, -0.05) is 12.1 Å². The van der Waals surface area contributed by atoms with Gasteiger partial charge in [-0.15, -0.1) is 11.3 Å². The molecular weight excluding hydrogens is 471 g/mol. The van der Waals surface area contributed by atoms with E-state index in [1.807, 2.05) is 17.5 Å². The van der Waals surface area contributed by atoms with Crippen molar-refractivity contribution in [2.45, 2.75) is 25.4 Å². The molecule has 4 heterocycles. The maximum atomic E-state index is 14.1. The summed E-state index contributed by atoms with van der Waals surface area (Å²) in [5, 5.41) is 20.0. The third-order valence-electron chi connectivity index (χ3n) is 5.55. The number of halogens is 1. The zero-order valence-corrected chi connectivity index (χ0v) is 19.0. The third-order valence-corrected chi connectivity index (χ3v) is 6.45. The Labute approximate surface area is 200 Å². The number of nitrogens with one attached hydrogen (secondary N) is 3. The number of aromatic amines is 2. The van der Waals surface area contributed by atoms with E-state index >= 15 is 0 Å². The summed E-state index contributed by atoms with van der Waals surface area (Å²) in [4.78, 5) is 31.1. The van der Waals surface area contributed by atoms with Crippen molar-refractivity contribution in [3.63, 3.8) is 0 Å². The van der Waals surface area contributed by atoms with E-state index in [1.54, 1.807) is 29.7 Å². The van der Waals surface area contributed by atoms with Crippen LogP contribution in [0.15, 0.2) is 51.7 Å². The molecule has 0 bridgehead atoms. The van der Waals surface area contributed by atoms with Gasteiger partial charge in [0.2, 0.25) is 11.8 Å². The Morgan fingerprint density at radius 2 is 2.17 bits per heavy atom. The first kappa shape index (κ1) is 21.2. The number of nitrogens with zero attached hydrogens (tertiary/aromatic N) is 5. The molecule has 35 heavy (non-hydrogen) atoms. The van der Waals surface area contributed by atoms with Crippen LogP contribution in [0.4, 0.5) is 10.3 Å². The highest BCUT2D eigenvalue weighted by atomic mass is 32.1. The monoisotopic (exact) mass is 490 g/mol. The van der Waals surface area contributed by atoms with E-state index in [-0.39, 0.29) is 23.4 Å². The zero-order chi connectivity index (χ0) is 23.9. The number of anilines is 1. The first-order chi connectivity index (χ1) is 17.0. The lowest BCUT2D eigenvalue weighted by Crippen LogP contribution is -2.24. The maximum Gasteiger partial charge on any atom is 0.326 e. The number of hydrogen-bond donors (Lipinski definition) is 4. The molecular formula is C23H19FN8O2S. The van der Waals surface area contributed by atoms with E-state index in [4.69, 9.17) is 0 Å². The summed E-state index contributed by atoms with van der Waals surface area (Å²) in [7, 11) is 0. The molecule has 12 heteroatoms. The van der Waals surface area contributed by atoms with Gasteiger partial charge in [-0.05, 0) is 53.6 Å². The van der Waals surface area contributed by atoms with Gasteiger partial charge in [-0.3, -0.25) is 4.98 Å². The minimum atomic E-state index is -0.525. The average molecular weight is 491 g/mol. The topological polar surface area (TPSA) is 136 Å². The van der Waals surface area contributed by atoms with Crippen LogP contribution in [0.5, 0.6) is 5.88 Å². The molecule has 176 valence electrons. The fourth-order valence-corrected chi connectivity index (χ4v) is 4.50. The highest BCUT2D eigenvalue weighted by Crippen LogP contribution is 2.29. The van der Waals surface area contributed by atoms with Crippen molar-refractivity contribution in [1.82, 2.24) is 29.5 Å². The number of aromatic nitrogens is 6. The van der Waals surface area contributed by atoms with Crippen LogP contribution >= 0.6 is 11.3 Å². The van der Waals surface area contributed by atoms with E-state index < -0.39 is 5.69 Å². The Morgan fingerprint density at radius 3 is 2.91 bits per heavy atom. The predicted octanol–water partition coefficient (Wildman–Crippen LogP) is 1.94. The smallest absolute Gasteiger partial charge is 0.326 e. The molecule has 6 rings (SSSR count). The lowest BCUT2D eigenvalue weighted by molar-refractivity contribution is 0.454. The SMILES string of the molecule is O=c1[nH]c(O)c(C=c2cnn3c(=NC4CC4)nc(NCc4cc(F)ccc4-c4cccs4)nc23)[nH]1. The third kappa shape index (κ3) is 4.30. The summed E-state index contributed by atoms with van der Waals surface area (Å²) < 4.78 is 15.6. The number of rotatable bonds is 6. The van der Waals surface area contributed by atoms with Crippen molar-refractivity contribution < 1.29 is 9.50 Å². The fraction of sp³-hybridized carbons (Fsp3) is 0.174. The van der Waals surface area contributed by atoms with E-state index in [1.165, 1.54) is 16.6 Å². The largest absolute Gasteiger partial charge is 0.493 e. The van der Waals surface area contributed by atoms with Gasteiger partial charge in [0.1, 0.15) is 11.5 Å². The van der Waals surface area contributed by atoms with Gasteiger partial charge in [0.15, 0.2) is 5.65 Å². The van der Waals surface area contributed by atoms with Crippen molar-refractivity contribution in [2.75, 3.05) is 5.32 Å². The van der Waals surface area contributed by atoms with Gasteiger partial charge in [0, 0.05) is 16.6 Å². The van der Waals surface area contributed by atoms with Crippen molar-refractivity contribution in [1.29, 1.82) is 0 Å². The molecule has 1 aliphatic rings. The molecule has 0 atom stereocenters. The zero-order valence-electron chi connectivity index (χ0n) is 18.2. The van der Waals surface area contributed by atoms with Gasteiger partial charge < -0.3 is 15.4 Å². The Kier molecular flexibility index (Phi) is 5.14. The van der Waals surface area contributed by atoms with Gasteiger partial charge in [-0.2, -0.15) is 19.6 Å². The summed E-state index contributed by atoms with van der Waals surface area (Å²) in [6, 6.07) is 8.85. The van der Waals surface area contributed by atoms with E-state index in [0.29, 0.717) is 29.0 Å². The summed E-state index contributed by atoms with van der Waals surface area (Å²) in [5.41, 5.74) is 2.22. The molecule has 0 spiro atoms. The number of imidazole rings is 1. The van der Waals surface area contributed by atoms with E-state index in [9.17, 15) is 14.3 Å². The summed E-state index contributed by atoms with van der Waals surface area (Å²) in [6.07, 6.45) is 5.10. The molecule has 4 N–H and O–H groups in total. The average Bonchev–Trinajstić information content (AvgIpc) is 3.19. The van der Waals surface area contributed by atoms with Crippen LogP contribution < -0.4 is 21.8 Å². The predicted molar refractivity (Wildman–Crippen MR) is 128 cm³/mol. The normalized spacial score (nSPS) is 14.8. The van der Waals surface area contributed by atoms with Crippen LogP contribution in [0.25, 0.3) is 22.2 Å². The molecule has 5 aromatic rings. The molecule has 0 saturated heterocycles. The Bertz CT molecular complexity index is 1720. The second-order valence-corrected chi connectivity index (χ2v) is 9.11. The van der Waals surface area contributed by atoms with Crippen molar-refractivity contribution in [3.05, 3.63) is 80.3 Å². The standard InChI is InChI=1S/C23H19FN8O2S/c24-14-3-6-16(18-2-1-7-35-18)12(8-14)10-25-21-29-19-13(9-17-20(33)30-23(34)28-17)11-26-32(19)22(31-21)27-15-4-5-15/h1-3,6-9,11,15,33H,4-5,10H2,(H,25,27,31)(H2,28,30,34). The summed E-state index contributed by atoms with van der Waals surface area (Å²) >= 11 is 1.58. The summed E-state index contributed by atoms with van der Waals surface area (Å²) in [5.74, 6) is -0.298. The Morgan fingerprint density at radius 1 is 1.29 bits per heavy atom. The molecule has 0 radical (unpaired) electrons. The number of fused-ring (bicyclic) bond motifs is 1. The van der Waals surface area contributed by atoms with Crippen LogP contribution in [0.2, 0.25) is 0 Å². The molecule has 1 saturated carbocycles. The van der Waals surface area contributed by atoms with Crippen LogP contribution in [-0.2, 0) is 6.54 Å². The quantitative estimate of drug-likeness (QED) is 0.287. The van der Waals surface area contributed by atoms with Gasteiger partial charge in [-0.25, -0.2) is 14.2 Å². The maximum absolute atomic E-state index is 14.1. The molecule has 0 unspecified atom stereocenters. The van der Waals surface area contributed by atoms with Crippen LogP contribution in [0, 0.1) is 5.82 Å². The van der Waals surface area contributed by atoms with Crippen molar-refractivity contribution >= 4 is 29.0 Å². The molecule has 1 aromatic carbocycles. The van der Waals surface area contributed by atoms with Crippen molar-refractivity contribution in [3.8, 4) is 16.3 Å². The Balaban J connectivity index is 1.42. The van der Waals surface area contributed by atoms with Crippen LogP contribution in [0.3, 0.4) is 0 Å². The molecule has 1 fully saturated rings. The molecule has 0 amide bonds. The molecule has 10 nitrogen and oxygen atoms in total. The number of benzene rings is 1. The Hall–Kier alpha value is -4.32. The van der Waals surface area contributed by atoms with Gasteiger partial charge in [0.05, 0.1) is 12.2 Å².